The molecule has 0 radical (unpaired) electrons. The lowest BCUT2D eigenvalue weighted by molar-refractivity contribution is 0.553. The van der Waals surface area contributed by atoms with Crippen molar-refractivity contribution in [1.29, 1.82) is 0 Å². The van der Waals surface area contributed by atoms with Crippen molar-refractivity contribution < 1.29 is 4.39 Å². The minimum absolute atomic E-state index is 0.151. The van der Waals surface area contributed by atoms with E-state index in [1.165, 1.54) is 24.7 Å². The zero-order valence-electron chi connectivity index (χ0n) is 9.58. The highest BCUT2D eigenvalue weighted by Crippen LogP contribution is 2.26. The molecule has 3 heteroatoms. The number of rotatable bonds is 4. The molecule has 1 aliphatic heterocycles. The van der Waals surface area contributed by atoms with E-state index in [0.717, 1.165) is 17.4 Å². The Kier molecular flexibility index (Phi) is 4.24. The fourth-order valence-electron chi connectivity index (χ4n) is 2.01. The molecule has 88 valence electrons. The van der Waals surface area contributed by atoms with E-state index in [9.17, 15) is 4.39 Å². The molecule has 1 heterocycles. The van der Waals surface area contributed by atoms with E-state index in [0.29, 0.717) is 0 Å². The van der Waals surface area contributed by atoms with Crippen LogP contribution in [0, 0.1) is 5.82 Å². The van der Waals surface area contributed by atoms with Gasteiger partial charge >= 0.3 is 0 Å². The summed E-state index contributed by atoms with van der Waals surface area (Å²) in [5.41, 5.74) is 1.03. The molecule has 2 rings (SSSR count). The molecular weight excluding hydrogens is 221 g/mol. The Morgan fingerprint density at radius 2 is 2.44 bits per heavy atom. The van der Waals surface area contributed by atoms with Gasteiger partial charge in [-0.2, -0.15) is 11.8 Å². The lowest BCUT2D eigenvalue weighted by Crippen LogP contribution is -2.26. The fourth-order valence-corrected chi connectivity index (χ4v) is 3.22. The van der Waals surface area contributed by atoms with E-state index in [-0.39, 0.29) is 11.9 Å². The monoisotopic (exact) mass is 239 g/mol. The van der Waals surface area contributed by atoms with E-state index >= 15 is 0 Å². The number of hydrogen-bond donors (Lipinski definition) is 1. The standard InChI is InChI=1S/C13H18FNS/c1-10(11-4-2-5-12(14)8-11)15-9-13-6-3-7-16-13/h2,4-5,8,10,13,15H,3,6-7,9H2,1H3. The molecule has 0 saturated carbocycles. The van der Waals surface area contributed by atoms with Crippen molar-refractivity contribution in [1.82, 2.24) is 5.32 Å². The van der Waals surface area contributed by atoms with Gasteiger partial charge in [0.1, 0.15) is 5.82 Å². The minimum atomic E-state index is -0.151. The molecule has 1 aromatic rings. The second-order valence-electron chi connectivity index (χ2n) is 4.32. The van der Waals surface area contributed by atoms with Crippen LogP contribution >= 0.6 is 11.8 Å². The van der Waals surface area contributed by atoms with Crippen LogP contribution in [0.25, 0.3) is 0 Å². The van der Waals surface area contributed by atoms with Gasteiger partial charge in [0.15, 0.2) is 0 Å². The summed E-state index contributed by atoms with van der Waals surface area (Å²) >= 11 is 2.05. The Morgan fingerprint density at radius 1 is 1.56 bits per heavy atom. The first-order chi connectivity index (χ1) is 7.75. The fraction of sp³-hybridized carbons (Fsp3) is 0.538. The molecule has 0 spiro atoms. The van der Waals surface area contributed by atoms with E-state index in [1.807, 2.05) is 17.8 Å². The average molecular weight is 239 g/mol. The minimum Gasteiger partial charge on any atom is -0.309 e. The molecule has 1 fully saturated rings. The van der Waals surface area contributed by atoms with E-state index in [2.05, 4.69) is 12.2 Å². The third-order valence-electron chi connectivity index (χ3n) is 3.02. The summed E-state index contributed by atoms with van der Waals surface area (Å²) in [6, 6.07) is 7.08. The van der Waals surface area contributed by atoms with Crippen LogP contribution in [0.4, 0.5) is 4.39 Å². The van der Waals surface area contributed by atoms with Crippen LogP contribution in [0.2, 0.25) is 0 Å². The third kappa shape index (κ3) is 3.22. The maximum atomic E-state index is 13.0. The van der Waals surface area contributed by atoms with Gasteiger partial charge in [-0.15, -0.1) is 0 Å². The van der Waals surface area contributed by atoms with Gasteiger partial charge in [0.05, 0.1) is 0 Å². The van der Waals surface area contributed by atoms with Gasteiger partial charge < -0.3 is 5.32 Å². The Balaban J connectivity index is 1.85. The molecule has 0 aliphatic carbocycles. The molecule has 0 bridgehead atoms. The zero-order valence-corrected chi connectivity index (χ0v) is 10.4. The van der Waals surface area contributed by atoms with Gasteiger partial charge in [-0.05, 0) is 43.2 Å². The molecule has 1 N–H and O–H groups in total. The molecule has 1 saturated heterocycles. The summed E-state index contributed by atoms with van der Waals surface area (Å²) in [5, 5.41) is 4.23. The van der Waals surface area contributed by atoms with Crippen molar-refractivity contribution in [3.8, 4) is 0 Å². The van der Waals surface area contributed by atoms with Crippen LogP contribution in [0.15, 0.2) is 24.3 Å². The van der Waals surface area contributed by atoms with Crippen LogP contribution in [0.1, 0.15) is 31.4 Å². The van der Waals surface area contributed by atoms with Crippen molar-refractivity contribution in [2.24, 2.45) is 0 Å². The van der Waals surface area contributed by atoms with E-state index < -0.39 is 0 Å². The summed E-state index contributed by atoms with van der Waals surface area (Å²) in [7, 11) is 0. The highest BCUT2D eigenvalue weighted by atomic mass is 32.2. The van der Waals surface area contributed by atoms with Crippen molar-refractivity contribution >= 4 is 11.8 Å². The van der Waals surface area contributed by atoms with E-state index in [1.54, 1.807) is 12.1 Å². The van der Waals surface area contributed by atoms with Crippen LogP contribution < -0.4 is 5.32 Å². The molecule has 1 aliphatic rings. The average Bonchev–Trinajstić information content (AvgIpc) is 2.78. The predicted octanol–water partition coefficient (Wildman–Crippen LogP) is 3.37. The Bertz CT molecular complexity index is 336. The van der Waals surface area contributed by atoms with Gasteiger partial charge in [0.25, 0.3) is 0 Å². The molecule has 2 unspecified atom stereocenters. The summed E-state index contributed by atoms with van der Waals surface area (Å²) in [4.78, 5) is 0. The maximum absolute atomic E-state index is 13.0. The van der Waals surface area contributed by atoms with Gasteiger partial charge in [-0.1, -0.05) is 12.1 Å². The highest BCUT2D eigenvalue weighted by Gasteiger charge is 2.16. The summed E-state index contributed by atoms with van der Waals surface area (Å²) in [5.74, 6) is 1.14. The van der Waals surface area contributed by atoms with Crippen LogP contribution in [-0.2, 0) is 0 Å². The lowest BCUT2D eigenvalue weighted by atomic mass is 10.1. The van der Waals surface area contributed by atoms with Gasteiger partial charge in [0, 0.05) is 17.8 Å². The van der Waals surface area contributed by atoms with E-state index in [4.69, 9.17) is 0 Å². The maximum Gasteiger partial charge on any atom is 0.123 e. The van der Waals surface area contributed by atoms with Gasteiger partial charge in [0.2, 0.25) is 0 Å². The van der Waals surface area contributed by atoms with Crippen molar-refractivity contribution in [3.05, 3.63) is 35.6 Å². The zero-order chi connectivity index (χ0) is 11.4. The van der Waals surface area contributed by atoms with Crippen LogP contribution in [0.3, 0.4) is 0 Å². The van der Waals surface area contributed by atoms with Crippen molar-refractivity contribution in [2.45, 2.75) is 31.1 Å². The second kappa shape index (κ2) is 5.69. The summed E-state index contributed by atoms with van der Waals surface area (Å²) < 4.78 is 13.0. The highest BCUT2D eigenvalue weighted by molar-refractivity contribution is 8.00. The summed E-state index contributed by atoms with van der Waals surface area (Å²) in [6.07, 6.45) is 2.65. The number of halogens is 1. The smallest absolute Gasteiger partial charge is 0.123 e. The largest absolute Gasteiger partial charge is 0.309 e. The van der Waals surface area contributed by atoms with Gasteiger partial charge in [-0.3, -0.25) is 0 Å². The molecule has 1 nitrogen and oxygen atoms in total. The normalized spacial score (nSPS) is 22.2. The Labute approximate surface area is 101 Å². The Hall–Kier alpha value is -0.540. The molecular formula is C13H18FNS. The number of thioether (sulfide) groups is 1. The third-order valence-corrected chi connectivity index (χ3v) is 4.42. The van der Waals surface area contributed by atoms with Crippen LogP contribution in [-0.4, -0.2) is 17.5 Å². The van der Waals surface area contributed by atoms with Crippen molar-refractivity contribution in [3.63, 3.8) is 0 Å². The molecule has 0 amide bonds. The quantitative estimate of drug-likeness (QED) is 0.864. The number of hydrogen-bond acceptors (Lipinski definition) is 2. The molecule has 1 aromatic carbocycles. The molecule has 0 aromatic heterocycles. The number of nitrogens with one attached hydrogen (secondary N) is 1. The number of benzene rings is 1. The van der Waals surface area contributed by atoms with Crippen molar-refractivity contribution in [2.75, 3.05) is 12.3 Å². The Morgan fingerprint density at radius 3 is 3.12 bits per heavy atom. The first-order valence-electron chi connectivity index (χ1n) is 5.86. The first-order valence-corrected chi connectivity index (χ1v) is 6.91. The second-order valence-corrected chi connectivity index (χ2v) is 5.73. The molecule has 16 heavy (non-hydrogen) atoms. The SMILES string of the molecule is CC(NCC1CCCS1)c1cccc(F)c1. The van der Waals surface area contributed by atoms with Gasteiger partial charge in [-0.25, -0.2) is 4.39 Å². The first kappa shape index (κ1) is 11.9. The lowest BCUT2D eigenvalue weighted by Gasteiger charge is -2.17. The van der Waals surface area contributed by atoms with Crippen LogP contribution in [0.5, 0.6) is 0 Å². The molecule has 2 atom stereocenters. The summed E-state index contributed by atoms with van der Waals surface area (Å²) in [6.45, 7) is 3.12. The predicted molar refractivity (Wildman–Crippen MR) is 68.3 cm³/mol. The topological polar surface area (TPSA) is 12.0 Å².